The smallest absolute Gasteiger partial charge is 0.373 e. The summed E-state index contributed by atoms with van der Waals surface area (Å²) in [7, 11) is -5.09. The third-order valence-electron chi connectivity index (χ3n) is 3.91. The molecular weight excluding hydrogens is 422 g/mol. The number of pyridine rings is 1. The molecule has 0 fully saturated rings. The summed E-state index contributed by atoms with van der Waals surface area (Å²) in [5.41, 5.74) is -0.129. The lowest BCUT2D eigenvalue weighted by Gasteiger charge is -2.31. The van der Waals surface area contributed by atoms with Crippen LogP contribution in [0, 0.1) is 0 Å². The third-order valence-corrected chi connectivity index (χ3v) is 7.32. The Morgan fingerprint density at radius 2 is 1.79 bits per heavy atom. The largest absolute Gasteiger partial charge is 0.598 e. The Morgan fingerprint density at radius 1 is 1.17 bits per heavy atom. The molecule has 0 spiro atoms. The van der Waals surface area contributed by atoms with Gasteiger partial charge in [-0.3, -0.25) is 0 Å². The second-order valence-electron chi connectivity index (χ2n) is 7.17. The van der Waals surface area contributed by atoms with Gasteiger partial charge in [-0.2, -0.15) is 8.78 Å². The second-order valence-corrected chi connectivity index (χ2v) is 11.2. The highest BCUT2D eigenvalue weighted by atomic mass is 32.2. The van der Waals surface area contributed by atoms with Gasteiger partial charge in [0, 0.05) is 23.6 Å². The summed E-state index contributed by atoms with van der Waals surface area (Å²) >= 11 is -1.97. The Kier molecular flexibility index (Phi) is 7.26. The van der Waals surface area contributed by atoms with Crippen LogP contribution in [-0.4, -0.2) is 34.6 Å². The number of benzene rings is 1. The molecule has 0 bridgehead atoms. The number of ether oxygens (including phenoxy) is 1. The fourth-order valence-corrected chi connectivity index (χ4v) is 4.58. The molecule has 0 aliphatic rings. The predicted octanol–water partition coefficient (Wildman–Crippen LogP) is 3.64. The standard InChI is InChI=1S/C19H24F2N2O4S2/c1-5-27-16-12-11-14(13-22-16)17(23-28(24)18(2,3)4)19(20,21)29(25,26)15-9-7-6-8-10-15/h6-13,17,23H,5H2,1-4H3/t17-,28+/m1/s1. The molecule has 2 aromatic rings. The van der Waals surface area contributed by atoms with Crippen molar-refractivity contribution in [1.82, 2.24) is 9.71 Å². The summed E-state index contributed by atoms with van der Waals surface area (Å²) in [4.78, 5) is 3.41. The monoisotopic (exact) mass is 446 g/mol. The zero-order valence-corrected chi connectivity index (χ0v) is 18.2. The molecule has 0 saturated heterocycles. The molecule has 0 aliphatic carbocycles. The number of nitrogens with one attached hydrogen (secondary N) is 1. The van der Waals surface area contributed by atoms with Crippen LogP contribution in [0.15, 0.2) is 53.6 Å². The maximum absolute atomic E-state index is 15.4. The van der Waals surface area contributed by atoms with E-state index in [0.717, 1.165) is 18.3 Å². The zero-order chi connectivity index (χ0) is 21.9. The molecule has 0 unspecified atom stereocenters. The van der Waals surface area contributed by atoms with Crippen LogP contribution in [0.4, 0.5) is 8.78 Å². The molecule has 0 amide bonds. The van der Waals surface area contributed by atoms with Gasteiger partial charge in [0.2, 0.25) is 15.7 Å². The summed E-state index contributed by atoms with van der Waals surface area (Å²) in [5, 5.41) is -4.30. The van der Waals surface area contributed by atoms with E-state index in [0.29, 0.717) is 6.61 Å². The van der Waals surface area contributed by atoms with Crippen LogP contribution >= 0.6 is 0 Å². The van der Waals surface area contributed by atoms with Gasteiger partial charge in [-0.1, -0.05) is 24.3 Å². The Balaban J connectivity index is 2.53. The summed E-state index contributed by atoms with van der Waals surface area (Å²) in [6.07, 6.45) is 1.09. The van der Waals surface area contributed by atoms with Crippen molar-refractivity contribution in [1.29, 1.82) is 0 Å². The van der Waals surface area contributed by atoms with Crippen LogP contribution in [0.3, 0.4) is 0 Å². The summed E-state index contributed by atoms with van der Waals surface area (Å²) in [6, 6.07) is 6.99. The summed E-state index contributed by atoms with van der Waals surface area (Å²) in [5.74, 6) is 0.209. The van der Waals surface area contributed by atoms with Gasteiger partial charge in [-0.05, 0) is 45.4 Å². The molecule has 1 N–H and O–H groups in total. The number of hydrogen-bond donors (Lipinski definition) is 1. The van der Waals surface area contributed by atoms with Gasteiger partial charge >= 0.3 is 5.25 Å². The molecule has 10 heteroatoms. The van der Waals surface area contributed by atoms with E-state index in [4.69, 9.17) is 4.74 Å². The Labute approximate surface area is 172 Å². The number of aromatic nitrogens is 1. The summed E-state index contributed by atoms with van der Waals surface area (Å²) < 4.78 is 75.4. The maximum atomic E-state index is 15.4. The lowest BCUT2D eigenvalue weighted by Crippen LogP contribution is -2.49. The molecule has 2 atom stereocenters. The van der Waals surface area contributed by atoms with E-state index in [1.54, 1.807) is 27.7 Å². The Bertz CT molecular complexity index is 902. The Hall–Kier alpha value is -1.75. The van der Waals surface area contributed by atoms with Crippen LogP contribution in [0.1, 0.15) is 39.3 Å². The lowest BCUT2D eigenvalue weighted by atomic mass is 10.1. The van der Waals surface area contributed by atoms with Gasteiger partial charge in [0.25, 0.3) is 0 Å². The van der Waals surface area contributed by atoms with Crippen LogP contribution < -0.4 is 9.46 Å². The van der Waals surface area contributed by atoms with Crippen molar-refractivity contribution in [3.63, 3.8) is 0 Å². The van der Waals surface area contributed by atoms with E-state index in [1.807, 2.05) is 0 Å². The first-order valence-electron chi connectivity index (χ1n) is 8.85. The minimum Gasteiger partial charge on any atom is -0.598 e. The van der Waals surface area contributed by atoms with Crippen LogP contribution in [-0.2, 0) is 21.2 Å². The Morgan fingerprint density at radius 3 is 2.28 bits per heavy atom. The molecular formula is C19H24F2N2O4S2. The topological polar surface area (TPSA) is 91.3 Å². The first-order valence-corrected chi connectivity index (χ1v) is 11.5. The second kappa shape index (κ2) is 8.95. The first kappa shape index (κ1) is 23.5. The van der Waals surface area contributed by atoms with Crippen LogP contribution in [0.25, 0.3) is 0 Å². The summed E-state index contributed by atoms with van der Waals surface area (Å²) in [6.45, 7) is 6.85. The van der Waals surface area contributed by atoms with Crippen molar-refractivity contribution in [3.05, 3.63) is 54.2 Å². The number of hydrogen-bond acceptors (Lipinski definition) is 6. The van der Waals surface area contributed by atoms with Gasteiger partial charge < -0.3 is 9.29 Å². The van der Waals surface area contributed by atoms with E-state index < -0.39 is 42.1 Å². The third kappa shape index (κ3) is 5.25. The minimum atomic E-state index is -5.09. The maximum Gasteiger partial charge on any atom is 0.373 e. The fourth-order valence-electron chi connectivity index (χ4n) is 2.32. The van der Waals surface area contributed by atoms with E-state index in [9.17, 15) is 13.0 Å². The van der Waals surface area contributed by atoms with Crippen molar-refractivity contribution in [3.8, 4) is 5.88 Å². The van der Waals surface area contributed by atoms with Crippen LogP contribution in [0.2, 0.25) is 0 Å². The molecule has 0 saturated carbocycles. The molecule has 0 aliphatic heterocycles. The molecule has 160 valence electrons. The normalized spacial score (nSPS) is 15.0. The SMILES string of the molecule is CCOc1ccc([C@@H](N[S@@+]([O-])C(C)(C)C)C(F)(F)S(=O)(=O)c2ccccc2)cn1. The minimum absolute atomic E-state index is 0.129. The zero-order valence-electron chi connectivity index (χ0n) is 16.6. The molecule has 2 rings (SSSR count). The van der Waals surface area contributed by atoms with Crippen molar-refractivity contribution >= 4 is 21.2 Å². The molecule has 1 aromatic heterocycles. The first-order chi connectivity index (χ1) is 13.4. The number of rotatable bonds is 8. The molecule has 0 radical (unpaired) electrons. The van der Waals surface area contributed by atoms with E-state index in [1.165, 1.54) is 30.3 Å². The van der Waals surface area contributed by atoms with Crippen molar-refractivity contribution < 1.29 is 26.5 Å². The predicted molar refractivity (Wildman–Crippen MR) is 108 cm³/mol. The number of sulfone groups is 1. The molecule has 29 heavy (non-hydrogen) atoms. The van der Waals surface area contributed by atoms with E-state index in [2.05, 4.69) is 9.71 Å². The van der Waals surface area contributed by atoms with Crippen molar-refractivity contribution in [2.45, 2.75) is 48.6 Å². The number of alkyl halides is 2. The van der Waals surface area contributed by atoms with Gasteiger partial charge in [0.05, 0.1) is 11.5 Å². The highest BCUT2D eigenvalue weighted by Gasteiger charge is 2.56. The lowest BCUT2D eigenvalue weighted by molar-refractivity contribution is 0.0551. The average Bonchev–Trinajstić information content (AvgIpc) is 2.66. The fraction of sp³-hybridized carbons (Fsp3) is 0.421. The van der Waals surface area contributed by atoms with Crippen molar-refractivity contribution in [2.24, 2.45) is 0 Å². The van der Waals surface area contributed by atoms with Gasteiger partial charge in [-0.25, -0.2) is 13.4 Å². The number of nitrogens with zero attached hydrogens (tertiary/aromatic N) is 1. The molecule has 6 nitrogen and oxygen atoms in total. The van der Waals surface area contributed by atoms with Crippen molar-refractivity contribution in [2.75, 3.05) is 6.61 Å². The van der Waals surface area contributed by atoms with Gasteiger partial charge in [-0.15, -0.1) is 4.72 Å². The average molecular weight is 447 g/mol. The highest BCUT2D eigenvalue weighted by Crippen LogP contribution is 2.41. The molecule has 1 heterocycles. The highest BCUT2D eigenvalue weighted by molar-refractivity contribution is 7.93. The quantitative estimate of drug-likeness (QED) is 0.623. The van der Waals surface area contributed by atoms with Crippen LogP contribution in [0.5, 0.6) is 5.88 Å². The van der Waals surface area contributed by atoms with E-state index in [-0.39, 0.29) is 11.4 Å². The van der Waals surface area contributed by atoms with Gasteiger partial charge in [0.15, 0.2) is 6.04 Å². The van der Waals surface area contributed by atoms with Gasteiger partial charge in [0.1, 0.15) is 4.75 Å². The number of halogens is 2. The molecule has 1 aromatic carbocycles. The van der Waals surface area contributed by atoms with E-state index >= 15 is 8.78 Å².